The van der Waals surface area contributed by atoms with E-state index in [1.54, 1.807) is 0 Å². The van der Waals surface area contributed by atoms with E-state index in [-0.39, 0.29) is 23.1 Å². The normalized spacial score (nSPS) is 17.0. The molecule has 0 bridgehead atoms. The first-order chi connectivity index (χ1) is 10.0. The van der Waals surface area contributed by atoms with Crippen LogP contribution in [0.4, 0.5) is 0 Å². The first kappa shape index (κ1) is 23.0. The third-order valence-corrected chi connectivity index (χ3v) is 14.4. The Morgan fingerprint density at radius 2 is 1.39 bits per heavy atom. The predicted octanol–water partition coefficient (Wildman–Crippen LogP) is 4.35. The summed E-state index contributed by atoms with van der Waals surface area (Å²) in [6.45, 7) is 21.7. The topological polar surface area (TPSA) is 55.8 Å². The smallest absolute Gasteiger partial charge is 0.192 e. The summed E-state index contributed by atoms with van der Waals surface area (Å²) in [5, 5.41) is 10.7. The molecule has 0 amide bonds. The van der Waals surface area contributed by atoms with Crippen LogP contribution in [0.5, 0.6) is 0 Å². The lowest BCUT2D eigenvalue weighted by atomic mass is 10.2. The van der Waals surface area contributed by atoms with E-state index >= 15 is 0 Å². The molecule has 0 heterocycles. The SMILES string of the molecule is CC(C)(C)[Si](C)(C)OCC(O)C(CC=O)O[Si](C)(C)C(C)(C)C. The van der Waals surface area contributed by atoms with Gasteiger partial charge in [-0.05, 0) is 36.3 Å². The van der Waals surface area contributed by atoms with Gasteiger partial charge >= 0.3 is 0 Å². The molecular formula is C17H38O4Si2. The van der Waals surface area contributed by atoms with Crippen LogP contribution in [0.15, 0.2) is 0 Å². The molecule has 0 aromatic carbocycles. The van der Waals surface area contributed by atoms with Crippen molar-refractivity contribution >= 4 is 22.9 Å². The van der Waals surface area contributed by atoms with Crippen molar-refractivity contribution in [3.63, 3.8) is 0 Å². The summed E-state index contributed by atoms with van der Waals surface area (Å²) < 4.78 is 12.3. The molecule has 0 rings (SSSR count). The van der Waals surface area contributed by atoms with Crippen LogP contribution in [0.3, 0.4) is 0 Å². The van der Waals surface area contributed by atoms with Crippen molar-refractivity contribution in [2.75, 3.05) is 6.61 Å². The van der Waals surface area contributed by atoms with Crippen molar-refractivity contribution in [2.24, 2.45) is 0 Å². The van der Waals surface area contributed by atoms with Crippen molar-refractivity contribution < 1.29 is 18.8 Å². The Labute approximate surface area is 145 Å². The number of aliphatic hydroxyl groups excluding tert-OH is 1. The Balaban J connectivity index is 4.95. The zero-order valence-corrected chi connectivity index (χ0v) is 18.8. The van der Waals surface area contributed by atoms with Gasteiger partial charge in [0.1, 0.15) is 12.4 Å². The molecule has 0 aromatic rings. The lowest BCUT2D eigenvalue weighted by Crippen LogP contribution is -2.50. The molecule has 4 nitrogen and oxygen atoms in total. The van der Waals surface area contributed by atoms with Crippen LogP contribution in [0.1, 0.15) is 48.0 Å². The van der Waals surface area contributed by atoms with E-state index in [1.165, 1.54) is 0 Å². The maximum Gasteiger partial charge on any atom is 0.192 e. The average Bonchev–Trinajstić information content (AvgIpc) is 2.32. The van der Waals surface area contributed by atoms with Crippen molar-refractivity contribution in [3.8, 4) is 0 Å². The highest BCUT2D eigenvalue weighted by Crippen LogP contribution is 2.39. The lowest BCUT2D eigenvalue weighted by Gasteiger charge is -2.41. The molecule has 138 valence electrons. The molecule has 0 saturated heterocycles. The fourth-order valence-corrected chi connectivity index (χ4v) is 3.94. The van der Waals surface area contributed by atoms with E-state index in [1.807, 2.05) is 0 Å². The summed E-state index contributed by atoms with van der Waals surface area (Å²) in [5.74, 6) is 0. The van der Waals surface area contributed by atoms with Crippen molar-refractivity contribution in [1.29, 1.82) is 0 Å². The van der Waals surface area contributed by atoms with Gasteiger partial charge in [0.15, 0.2) is 16.6 Å². The van der Waals surface area contributed by atoms with Crippen LogP contribution >= 0.6 is 0 Å². The molecule has 0 radical (unpaired) electrons. The van der Waals surface area contributed by atoms with Gasteiger partial charge in [-0.1, -0.05) is 41.5 Å². The molecule has 1 N–H and O–H groups in total. The lowest BCUT2D eigenvalue weighted by molar-refractivity contribution is -0.111. The van der Waals surface area contributed by atoms with Crippen molar-refractivity contribution in [1.82, 2.24) is 0 Å². The molecule has 0 aliphatic rings. The van der Waals surface area contributed by atoms with Gasteiger partial charge in [0.25, 0.3) is 0 Å². The fourth-order valence-electron chi connectivity index (χ4n) is 1.55. The highest BCUT2D eigenvalue weighted by molar-refractivity contribution is 6.74. The summed E-state index contributed by atoms with van der Waals surface area (Å²) in [7, 11) is -3.97. The highest BCUT2D eigenvalue weighted by atomic mass is 28.4. The van der Waals surface area contributed by atoms with Crippen LogP contribution in [0, 0.1) is 0 Å². The zero-order valence-electron chi connectivity index (χ0n) is 16.8. The summed E-state index contributed by atoms with van der Waals surface area (Å²) in [6.07, 6.45) is -0.233. The summed E-state index contributed by atoms with van der Waals surface area (Å²) in [5.41, 5.74) is 0. The number of aliphatic hydroxyl groups is 1. The first-order valence-electron chi connectivity index (χ1n) is 8.48. The summed E-state index contributed by atoms with van der Waals surface area (Å²) >= 11 is 0. The number of carbonyl (C=O) groups is 1. The summed E-state index contributed by atoms with van der Waals surface area (Å²) in [6, 6.07) is 0. The molecule has 0 spiro atoms. The molecule has 2 atom stereocenters. The van der Waals surface area contributed by atoms with Gasteiger partial charge in [-0.15, -0.1) is 0 Å². The Bertz CT molecular complexity index is 381. The van der Waals surface area contributed by atoms with Gasteiger partial charge in [-0.2, -0.15) is 0 Å². The minimum absolute atomic E-state index is 0.0359. The quantitative estimate of drug-likeness (QED) is 0.515. The first-order valence-corrected chi connectivity index (χ1v) is 14.3. The van der Waals surface area contributed by atoms with Crippen molar-refractivity contribution in [3.05, 3.63) is 0 Å². The number of carbonyl (C=O) groups excluding carboxylic acids is 1. The predicted molar refractivity (Wildman–Crippen MR) is 102 cm³/mol. The molecule has 23 heavy (non-hydrogen) atoms. The van der Waals surface area contributed by atoms with Crippen molar-refractivity contribution in [2.45, 2.75) is 96.4 Å². The minimum atomic E-state index is -2.04. The molecule has 6 heteroatoms. The van der Waals surface area contributed by atoms with E-state index in [0.29, 0.717) is 0 Å². The molecule has 2 unspecified atom stereocenters. The third kappa shape index (κ3) is 6.78. The van der Waals surface area contributed by atoms with Gasteiger partial charge in [0, 0.05) is 6.42 Å². The number of aldehydes is 1. The van der Waals surface area contributed by atoms with E-state index in [4.69, 9.17) is 8.85 Å². The number of hydrogen-bond acceptors (Lipinski definition) is 4. The standard InChI is InChI=1S/C17H38O4Si2/c1-16(2,3)22(7,8)20-13-14(19)15(11-12-18)21-23(9,10)17(4,5)6/h12,14-15,19H,11,13H2,1-10H3. The monoisotopic (exact) mass is 362 g/mol. The Morgan fingerprint density at radius 3 is 1.74 bits per heavy atom. The fraction of sp³-hybridized carbons (Fsp3) is 0.941. The molecular weight excluding hydrogens is 324 g/mol. The Morgan fingerprint density at radius 1 is 0.957 bits per heavy atom. The van der Waals surface area contributed by atoms with Crippen LogP contribution in [-0.2, 0) is 13.6 Å². The Kier molecular flexibility index (Phi) is 7.90. The van der Waals surface area contributed by atoms with Gasteiger partial charge in [-0.25, -0.2) is 0 Å². The second kappa shape index (κ2) is 7.91. The second-order valence-electron chi connectivity index (χ2n) is 9.46. The number of hydrogen-bond donors (Lipinski definition) is 1. The average molecular weight is 363 g/mol. The van der Waals surface area contributed by atoms with Crippen LogP contribution in [-0.4, -0.2) is 46.8 Å². The largest absolute Gasteiger partial charge is 0.414 e. The highest BCUT2D eigenvalue weighted by Gasteiger charge is 2.42. The summed E-state index contributed by atoms with van der Waals surface area (Å²) in [4.78, 5) is 11.0. The maximum absolute atomic E-state index is 11.0. The Hall–Kier alpha value is -0.0162. The minimum Gasteiger partial charge on any atom is -0.414 e. The molecule has 0 aliphatic heterocycles. The molecule has 0 aromatic heterocycles. The van der Waals surface area contributed by atoms with E-state index in [9.17, 15) is 9.90 Å². The third-order valence-electron chi connectivity index (χ3n) is 5.43. The number of rotatable bonds is 8. The van der Waals surface area contributed by atoms with Gasteiger partial charge in [-0.3, -0.25) is 0 Å². The molecule has 0 aliphatic carbocycles. The molecule has 0 saturated carbocycles. The maximum atomic E-state index is 11.0. The second-order valence-corrected chi connectivity index (χ2v) is 19.0. The van der Waals surface area contributed by atoms with Crippen LogP contribution < -0.4 is 0 Å². The van der Waals surface area contributed by atoms with Crippen LogP contribution in [0.2, 0.25) is 36.3 Å². The van der Waals surface area contributed by atoms with E-state index in [0.717, 1.165) is 6.29 Å². The van der Waals surface area contributed by atoms with Gasteiger partial charge < -0.3 is 18.8 Å². The van der Waals surface area contributed by atoms with Crippen LogP contribution in [0.25, 0.3) is 0 Å². The molecule has 0 fully saturated rings. The van der Waals surface area contributed by atoms with Gasteiger partial charge in [0.05, 0.1) is 12.7 Å². The van der Waals surface area contributed by atoms with E-state index in [2.05, 4.69) is 67.7 Å². The van der Waals surface area contributed by atoms with E-state index < -0.39 is 28.8 Å². The zero-order chi connectivity index (χ0) is 18.7. The van der Waals surface area contributed by atoms with Gasteiger partial charge in [0.2, 0.25) is 0 Å².